The normalized spacial score (nSPS) is 13.4. The van der Waals surface area contributed by atoms with Gasteiger partial charge in [-0.3, -0.25) is 9.59 Å². The van der Waals surface area contributed by atoms with Gasteiger partial charge in [0.1, 0.15) is 18.1 Å². The lowest BCUT2D eigenvalue weighted by atomic mass is 9.99. The van der Waals surface area contributed by atoms with Gasteiger partial charge in [0.15, 0.2) is 0 Å². The van der Waals surface area contributed by atoms with Crippen LogP contribution >= 0.6 is 0 Å². The molecular formula is C31H31N3O3. The quantitative estimate of drug-likeness (QED) is 0.375. The number of hydrogen-bond acceptors (Lipinski definition) is 3. The van der Waals surface area contributed by atoms with Crippen molar-refractivity contribution in [2.75, 3.05) is 27.2 Å². The molecular weight excluding hydrogens is 462 g/mol. The number of fused-ring (bicyclic) bond motifs is 1. The first-order chi connectivity index (χ1) is 17.9. The summed E-state index contributed by atoms with van der Waals surface area (Å²) in [6.45, 7) is 3.54. The van der Waals surface area contributed by atoms with Gasteiger partial charge in [-0.05, 0) is 54.3 Å². The van der Waals surface area contributed by atoms with Gasteiger partial charge in [0.2, 0.25) is 0 Å². The SMILES string of the molecule is Cc1ccccc1OCc1ccccc1C(=O)N1CCC=C(c2ccc3cc(C(=O)N(C)C)[nH]c3c2)C1. The first kappa shape index (κ1) is 24.4. The fraction of sp³-hybridized carbons (Fsp3) is 0.226. The van der Waals surface area contributed by atoms with Crippen molar-refractivity contribution in [3.63, 3.8) is 0 Å². The van der Waals surface area contributed by atoms with E-state index in [1.807, 2.05) is 72.5 Å². The van der Waals surface area contributed by atoms with Crippen LogP contribution in [0.2, 0.25) is 0 Å². The van der Waals surface area contributed by atoms with Crippen molar-refractivity contribution in [3.05, 3.63) is 107 Å². The summed E-state index contributed by atoms with van der Waals surface area (Å²) in [5.74, 6) is 0.772. The molecule has 3 aromatic carbocycles. The number of amides is 2. The van der Waals surface area contributed by atoms with Crippen molar-refractivity contribution >= 4 is 28.3 Å². The number of carbonyl (C=O) groups is 2. The average Bonchev–Trinajstić information content (AvgIpc) is 3.35. The van der Waals surface area contributed by atoms with E-state index in [0.717, 1.165) is 45.3 Å². The molecule has 2 heterocycles. The minimum Gasteiger partial charge on any atom is -0.489 e. The molecule has 1 aliphatic heterocycles. The average molecular weight is 494 g/mol. The van der Waals surface area contributed by atoms with Gasteiger partial charge in [0.05, 0.1) is 0 Å². The van der Waals surface area contributed by atoms with Gasteiger partial charge >= 0.3 is 0 Å². The third-order valence-electron chi connectivity index (χ3n) is 6.79. The maximum Gasteiger partial charge on any atom is 0.269 e. The number of rotatable bonds is 6. The zero-order valence-electron chi connectivity index (χ0n) is 21.5. The van der Waals surface area contributed by atoms with Crippen molar-refractivity contribution in [2.45, 2.75) is 20.0 Å². The van der Waals surface area contributed by atoms with Crippen LogP contribution in [0.1, 0.15) is 44.0 Å². The monoisotopic (exact) mass is 493 g/mol. The summed E-state index contributed by atoms with van der Waals surface area (Å²) < 4.78 is 6.05. The first-order valence-electron chi connectivity index (χ1n) is 12.5. The Morgan fingerprint density at radius 1 is 1.00 bits per heavy atom. The fourth-order valence-corrected chi connectivity index (χ4v) is 4.71. The van der Waals surface area contributed by atoms with E-state index in [-0.39, 0.29) is 11.8 Å². The molecule has 0 saturated heterocycles. The number of ether oxygens (including phenoxy) is 1. The highest BCUT2D eigenvalue weighted by Crippen LogP contribution is 2.27. The Kier molecular flexibility index (Phi) is 6.82. The molecule has 0 atom stereocenters. The predicted octanol–water partition coefficient (Wildman–Crippen LogP) is 5.69. The van der Waals surface area contributed by atoms with Crippen LogP contribution in [-0.2, 0) is 6.61 Å². The molecule has 0 fully saturated rings. The molecule has 0 radical (unpaired) electrons. The van der Waals surface area contributed by atoms with Crippen molar-refractivity contribution < 1.29 is 14.3 Å². The van der Waals surface area contributed by atoms with Crippen LogP contribution in [0.15, 0.2) is 78.9 Å². The minimum atomic E-state index is -0.0588. The predicted molar refractivity (Wildman–Crippen MR) is 147 cm³/mol. The number of nitrogens with one attached hydrogen (secondary N) is 1. The number of aryl methyl sites for hydroxylation is 1. The number of para-hydroxylation sites is 1. The zero-order chi connectivity index (χ0) is 25.9. The lowest BCUT2D eigenvalue weighted by molar-refractivity contribution is 0.0771. The molecule has 1 aliphatic rings. The van der Waals surface area contributed by atoms with E-state index in [2.05, 4.69) is 23.2 Å². The molecule has 2 amide bonds. The molecule has 0 aliphatic carbocycles. The second kappa shape index (κ2) is 10.3. The minimum absolute atomic E-state index is 0.00870. The Morgan fingerprint density at radius 2 is 1.78 bits per heavy atom. The van der Waals surface area contributed by atoms with Crippen LogP contribution < -0.4 is 4.74 Å². The van der Waals surface area contributed by atoms with Crippen LogP contribution in [0.3, 0.4) is 0 Å². The number of hydrogen-bond donors (Lipinski definition) is 1. The standard InChI is InChI=1S/C31H31N3O3/c1-21-9-4-7-13-29(21)37-20-25-10-5-6-12-26(25)30(35)34-16-8-11-24(19-34)22-14-15-23-18-28(31(36)33(2)3)32-27(23)17-22/h4-7,9-15,17-18,32H,8,16,19-20H2,1-3H3. The van der Waals surface area contributed by atoms with E-state index >= 15 is 0 Å². The molecule has 0 unspecified atom stereocenters. The Morgan fingerprint density at radius 3 is 2.59 bits per heavy atom. The highest BCUT2D eigenvalue weighted by molar-refractivity contribution is 5.99. The number of benzene rings is 3. The largest absolute Gasteiger partial charge is 0.489 e. The molecule has 0 spiro atoms. The first-order valence-corrected chi connectivity index (χ1v) is 12.5. The van der Waals surface area contributed by atoms with Crippen LogP contribution in [0.25, 0.3) is 16.5 Å². The van der Waals surface area contributed by atoms with E-state index in [0.29, 0.717) is 31.0 Å². The summed E-state index contributed by atoms with van der Waals surface area (Å²) in [6.07, 6.45) is 2.99. The summed E-state index contributed by atoms with van der Waals surface area (Å²) in [5, 5.41) is 0.987. The van der Waals surface area contributed by atoms with E-state index in [1.165, 1.54) is 0 Å². The van der Waals surface area contributed by atoms with E-state index in [9.17, 15) is 9.59 Å². The van der Waals surface area contributed by atoms with Gasteiger partial charge in [0.25, 0.3) is 11.8 Å². The fourth-order valence-electron chi connectivity index (χ4n) is 4.71. The Labute approximate surface area is 217 Å². The molecule has 37 heavy (non-hydrogen) atoms. The Bertz CT molecular complexity index is 1500. The van der Waals surface area contributed by atoms with Crippen molar-refractivity contribution in [1.82, 2.24) is 14.8 Å². The van der Waals surface area contributed by atoms with Crippen LogP contribution in [0, 0.1) is 6.92 Å². The molecule has 1 N–H and O–H groups in total. The van der Waals surface area contributed by atoms with Crippen molar-refractivity contribution in [1.29, 1.82) is 0 Å². The number of aromatic amines is 1. The van der Waals surface area contributed by atoms with Crippen LogP contribution in [0.5, 0.6) is 5.75 Å². The molecule has 0 saturated carbocycles. The van der Waals surface area contributed by atoms with Crippen LogP contribution in [-0.4, -0.2) is 53.8 Å². The zero-order valence-corrected chi connectivity index (χ0v) is 21.5. The molecule has 6 heteroatoms. The number of aromatic nitrogens is 1. The second-order valence-corrected chi connectivity index (χ2v) is 9.64. The van der Waals surface area contributed by atoms with Crippen molar-refractivity contribution in [3.8, 4) is 5.75 Å². The lowest BCUT2D eigenvalue weighted by Crippen LogP contribution is -2.36. The van der Waals surface area contributed by atoms with Crippen molar-refractivity contribution in [2.24, 2.45) is 0 Å². The number of nitrogens with zero attached hydrogens (tertiary/aromatic N) is 2. The Balaban J connectivity index is 1.33. The highest BCUT2D eigenvalue weighted by Gasteiger charge is 2.23. The summed E-state index contributed by atoms with van der Waals surface area (Å²) in [5.41, 5.74) is 6.23. The molecule has 0 bridgehead atoms. The number of carbonyl (C=O) groups excluding carboxylic acids is 2. The summed E-state index contributed by atoms with van der Waals surface area (Å²) in [7, 11) is 3.48. The van der Waals surface area contributed by atoms with Gasteiger partial charge in [0, 0.05) is 49.2 Å². The third-order valence-corrected chi connectivity index (χ3v) is 6.79. The maximum atomic E-state index is 13.6. The van der Waals surface area contributed by atoms with Gasteiger partial charge in [-0.25, -0.2) is 0 Å². The second-order valence-electron chi connectivity index (χ2n) is 9.64. The van der Waals surface area contributed by atoms with E-state index in [1.54, 1.807) is 19.0 Å². The number of H-pyrrole nitrogens is 1. The van der Waals surface area contributed by atoms with Gasteiger partial charge in [-0.1, -0.05) is 54.6 Å². The maximum absolute atomic E-state index is 13.6. The van der Waals surface area contributed by atoms with E-state index < -0.39 is 0 Å². The highest BCUT2D eigenvalue weighted by atomic mass is 16.5. The molecule has 1 aromatic heterocycles. The van der Waals surface area contributed by atoms with Gasteiger partial charge in [-0.15, -0.1) is 0 Å². The summed E-state index contributed by atoms with van der Waals surface area (Å²) in [6, 6.07) is 23.6. The van der Waals surface area contributed by atoms with E-state index in [4.69, 9.17) is 4.74 Å². The third kappa shape index (κ3) is 5.14. The summed E-state index contributed by atoms with van der Waals surface area (Å²) in [4.78, 5) is 32.7. The summed E-state index contributed by atoms with van der Waals surface area (Å²) >= 11 is 0. The topological polar surface area (TPSA) is 65.6 Å². The smallest absolute Gasteiger partial charge is 0.269 e. The molecule has 4 aromatic rings. The lowest BCUT2D eigenvalue weighted by Gasteiger charge is -2.28. The van der Waals surface area contributed by atoms with Crippen LogP contribution in [0.4, 0.5) is 0 Å². The van der Waals surface area contributed by atoms with Gasteiger partial charge in [-0.2, -0.15) is 0 Å². The molecule has 188 valence electrons. The molecule has 6 nitrogen and oxygen atoms in total. The van der Waals surface area contributed by atoms with Gasteiger partial charge < -0.3 is 19.5 Å². The molecule has 5 rings (SSSR count). The Hall–Kier alpha value is -4.32.